The highest BCUT2D eigenvalue weighted by molar-refractivity contribution is 7.89. The molecule has 1 aromatic rings. The Morgan fingerprint density at radius 1 is 1.22 bits per heavy atom. The van der Waals surface area contributed by atoms with Crippen LogP contribution in [0.25, 0.3) is 0 Å². The van der Waals surface area contributed by atoms with Gasteiger partial charge in [0.15, 0.2) is 0 Å². The van der Waals surface area contributed by atoms with Gasteiger partial charge in [0.05, 0.1) is 4.90 Å². The zero-order chi connectivity index (χ0) is 16.9. The van der Waals surface area contributed by atoms with Crippen LogP contribution in [0.1, 0.15) is 19.3 Å². The van der Waals surface area contributed by atoms with Gasteiger partial charge >= 0.3 is 0 Å². The van der Waals surface area contributed by atoms with E-state index < -0.39 is 27.9 Å². The number of hydrogen-bond acceptors (Lipinski definition) is 5. The van der Waals surface area contributed by atoms with E-state index in [2.05, 4.69) is 15.4 Å². The molecule has 1 aromatic carbocycles. The van der Waals surface area contributed by atoms with E-state index in [0.29, 0.717) is 0 Å². The monoisotopic (exact) mass is 339 g/mol. The smallest absolute Gasteiger partial charge is 0.249 e. The van der Waals surface area contributed by atoms with Crippen molar-refractivity contribution in [3.8, 4) is 0 Å². The first-order chi connectivity index (χ1) is 10.9. The summed E-state index contributed by atoms with van der Waals surface area (Å²) in [5.74, 6) is -1.37. The number of sulfonamides is 1. The maximum atomic E-state index is 11.9. The number of hydrogen-bond donors (Lipinski definition) is 3. The molecule has 0 aromatic heterocycles. The van der Waals surface area contributed by atoms with E-state index in [1.165, 1.54) is 12.1 Å². The van der Waals surface area contributed by atoms with Crippen LogP contribution >= 0.6 is 0 Å². The van der Waals surface area contributed by atoms with Crippen LogP contribution in [-0.2, 0) is 24.4 Å². The van der Waals surface area contributed by atoms with Crippen LogP contribution < -0.4 is 15.4 Å². The van der Waals surface area contributed by atoms with Gasteiger partial charge in [0.1, 0.15) is 6.04 Å². The highest BCUT2D eigenvalue weighted by Gasteiger charge is 2.27. The molecule has 1 saturated heterocycles. The summed E-state index contributed by atoms with van der Waals surface area (Å²) in [6.07, 6.45) is 0.299. The van der Waals surface area contributed by atoms with Crippen LogP contribution in [0.2, 0.25) is 0 Å². The lowest BCUT2D eigenvalue weighted by molar-refractivity contribution is -0.137. The van der Waals surface area contributed by atoms with Crippen LogP contribution in [-0.4, -0.2) is 38.7 Å². The molecule has 124 valence electrons. The maximum Gasteiger partial charge on any atom is 0.249 e. The highest BCUT2D eigenvalue weighted by atomic mass is 32.2. The van der Waals surface area contributed by atoms with Crippen LogP contribution in [0.4, 0.5) is 0 Å². The molecule has 0 bridgehead atoms. The zero-order valence-corrected chi connectivity index (χ0v) is 13.1. The molecule has 9 heteroatoms. The molecule has 1 aliphatic rings. The van der Waals surface area contributed by atoms with E-state index >= 15 is 0 Å². The number of piperidine rings is 1. The first-order valence-electron chi connectivity index (χ1n) is 7.06. The van der Waals surface area contributed by atoms with Gasteiger partial charge in [0, 0.05) is 19.4 Å². The average Bonchev–Trinajstić information content (AvgIpc) is 2.51. The van der Waals surface area contributed by atoms with Crippen molar-refractivity contribution in [1.29, 1.82) is 0 Å². The lowest BCUT2D eigenvalue weighted by Crippen LogP contribution is -2.52. The Morgan fingerprint density at radius 2 is 1.91 bits per heavy atom. The van der Waals surface area contributed by atoms with Crippen molar-refractivity contribution in [3.05, 3.63) is 30.3 Å². The minimum Gasteiger partial charge on any atom is -0.344 e. The van der Waals surface area contributed by atoms with Gasteiger partial charge in [0.25, 0.3) is 0 Å². The number of nitrogens with one attached hydrogen (secondary N) is 3. The topological polar surface area (TPSA) is 121 Å². The van der Waals surface area contributed by atoms with Gasteiger partial charge in [-0.1, -0.05) is 18.2 Å². The summed E-state index contributed by atoms with van der Waals surface area (Å²) >= 11 is 0. The molecule has 8 nitrogen and oxygen atoms in total. The predicted octanol–water partition coefficient (Wildman–Crippen LogP) is -0.724. The standard InChI is InChI=1S/C14H17N3O5S/c18-12-7-6-11(14(20)17-12)16-13(19)8-9-15-23(21,22)10-4-2-1-3-5-10/h1-5,11,15H,6-9H2,(H,16,19)(H,17,18,20)/t11-/m1/s1. The Labute approximate surface area is 133 Å². The second-order valence-electron chi connectivity index (χ2n) is 5.03. The van der Waals surface area contributed by atoms with Crippen LogP contribution in [0, 0.1) is 0 Å². The van der Waals surface area contributed by atoms with Gasteiger partial charge in [0.2, 0.25) is 27.7 Å². The Hall–Kier alpha value is -2.26. The average molecular weight is 339 g/mol. The highest BCUT2D eigenvalue weighted by Crippen LogP contribution is 2.07. The first kappa shape index (κ1) is 17.1. The molecule has 1 atom stereocenters. The second-order valence-corrected chi connectivity index (χ2v) is 6.80. The zero-order valence-electron chi connectivity index (χ0n) is 12.2. The molecule has 0 saturated carbocycles. The lowest BCUT2D eigenvalue weighted by Gasteiger charge is -2.21. The Bertz CT molecular complexity index is 702. The summed E-state index contributed by atoms with van der Waals surface area (Å²) in [5, 5.41) is 4.61. The molecule has 23 heavy (non-hydrogen) atoms. The third-order valence-corrected chi connectivity index (χ3v) is 4.75. The fourth-order valence-corrected chi connectivity index (χ4v) is 3.13. The fourth-order valence-electron chi connectivity index (χ4n) is 2.08. The number of carbonyl (C=O) groups is 3. The molecule has 1 aliphatic heterocycles. The molecule has 1 heterocycles. The molecular weight excluding hydrogens is 322 g/mol. The van der Waals surface area contributed by atoms with Gasteiger partial charge in [-0.2, -0.15) is 0 Å². The summed E-state index contributed by atoms with van der Waals surface area (Å²) in [5.41, 5.74) is 0. The largest absolute Gasteiger partial charge is 0.344 e. The minimum atomic E-state index is -3.66. The third-order valence-electron chi connectivity index (χ3n) is 3.27. The van der Waals surface area contributed by atoms with Gasteiger partial charge in [-0.25, -0.2) is 13.1 Å². The van der Waals surface area contributed by atoms with Crippen molar-refractivity contribution in [3.63, 3.8) is 0 Å². The SMILES string of the molecule is O=C1CC[C@@H](NC(=O)CCNS(=O)(=O)c2ccccc2)C(=O)N1. The van der Waals surface area contributed by atoms with Gasteiger partial charge < -0.3 is 5.32 Å². The molecule has 2 rings (SSSR count). The second kappa shape index (κ2) is 7.34. The summed E-state index contributed by atoms with van der Waals surface area (Å²) in [7, 11) is -3.66. The van der Waals surface area contributed by atoms with E-state index in [0.717, 1.165) is 0 Å². The number of rotatable bonds is 6. The Kier molecular flexibility index (Phi) is 5.45. The van der Waals surface area contributed by atoms with Crippen molar-refractivity contribution in [2.45, 2.75) is 30.2 Å². The molecule has 1 fully saturated rings. The summed E-state index contributed by atoms with van der Waals surface area (Å²) < 4.78 is 26.2. The molecule has 3 amide bonds. The molecule has 0 aliphatic carbocycles. The number of amides is 3. The Morgan fingerprint density at radius 3 is 2.57 bits per heavy atom. The Balaban J connectivity index is 1.79. The van der Waals surface area contributed by atoms with Crippen molar-refractivity contribution in [2.24, 2.45) is 0 Å². The first-order valence-corrected chi connectivity index (χ1v) is 8.54. The molecular formula is C14H17N3O5S. The maximum absolute atomic E-state index is 11.9. The van der Waals surface area contributed by atoms with Crippen molar-refractivity contribution in [1.82, 2.24) is 15.4 Å². The van der Waals surface area contributed by atoms with E-state index in [9.17, 15) is 22.8 Å². The van der Waals surface area contributed by atoms with Crippen molar-refractivity contribution < 1.29 is 22.8 Å². The van der Waals surface area contributed by atoms with Crippen LogP contribution in [0.5, 0.6) is 0 Å². The third kappa shape index (κ3) is 4.86. The van der Waals surface area contributed by atoms with Gasteiger partial charge in [-0.15, -0.1) is 0 Å². The quantitative estimate of drug-likeness (QED) is 0.590. The molecule has 0 radical (unpaired) electrons. The fraction of sp³-hybridized carbons (Fsp3) is 0.357. The predicted molar refractivity (Wildman–Crippen MR) is 80.6 cm³/mol. The van der Waals surface area contributed by atoms with Crippen LogP contribution in [0.3, 0.4) is 0 Å². The van der Waals surface area contributed by atoms with E-state index in [1.807, 2.05) is 0 Å². The summed E-state index contributed by atoms with van der Waals surface area (Å²) in [6.45, 7) is -0.0870. The van der Waals surface area contributed by atoms with Crippen molar-refractivity contribution >= 4 is 27.7 Å². The number of imide groups is 1. The van der Waals surface area contributed by atoms with Crippen molar-refractivity contribution in [2.75, 3.05) is 6.54 Å². The molecule has 0 spiro atoms. The lowest BCUT2D eigenvalue weighted by atomic mass is 10.1. The normalized spacial score (nSPS) is 18.3. The van der Waals surface area contributed by atoms with Gasteiger partial charge in [-0.3, -0.25) is 19.7 Å². The van der Waals surface area contributed by atoms with Crippen LogP contribution in [0.15, 0.2) is 35.2 Å². The van der Waals surface area contributed by atoms with E-state index in [-0.39, 0.29) is 36.6 Å². The van der Waals surface area contributed by atoms with E-state index in [4.69, 9.17) is 0 Å². The molecule has 0 unspecified atom stereocenters. The summed E-state index contributed by atoms with van der Waals surface area (Å²) in [4.78, 5) is 34.4. The minimum absolute atomic E-state index is 0.0870. The van der Waals surface area contributed by atoms with E-state index in [1.54, 1.807) is 18.2 Å². The summed E-state index contributed by atoms with van der Waals surface area (Å²) in [6, 6.07) is 7.05. The number of benzene rings is 1. The molecule has 3 N–H and O–H groups in total. The van der Waals surface area contributed by atoms with Gasteiger partial charge in [-0.05, 0) is 18.6 Å². The number of carbonyl (C=O) groups excluding carboxylic acids is 3.